The first kappa shape index (κ1) is 15.8. The highest BCUT2D eigenvalue weighted by molar-refractivity contribution is 5.98. The lowest BCUT2D eigenvalue weighted by Gasteiger charge is -2.19. The Morgan fingerprint density at radius 3 is 2.45 bits per heavy atom. The standard InChI is InChI=1S/C14H21N3O3/c1-4-20-11-6-9(5-10(15)7-11)14(19)17-12(8(2)3)13(16)18/h5-8,12H,4,15H2,1-3H3,(H2,16,18)(H,17,19). The minimum atomic E-state index is -0.723. The van der Waals surface area contributed by atoms with Gasteiger partial charge in [-0.05, 0) is 25.0 Å². The maximum absolute atomic E-state index is 12.1. The molecule has 0 bridgehead atoms. The second-order valence-electron chi connectivity index (χ2n) is 4.82. The average molecular weight is 279 g/mol. The molecule has 20 heavy (non-hydrogen) atoms. The van der Waals surface area contributed by atoms with Crippen molar-refractivity contribution in [1.29, 1.82) is 0 Å². The third kappa shape index (κ3) is 4.15. The first-order chi connectivity index (χ1) is 9.35. The van der Waals surface area contributed by atoms with Gasteiger partial charge in [-0.2, -0.15) is 0 Å². The van der Waals surface area contributed by atoms with Crippen LogP contribution in [0, 0.1) is 5.92 Å². The number of anilines is 1. The minimum Gasteiger partial charge on any atom is -0.494 e. The van der Waals surface area contributed by atoms with Gasteiger partial charge in [0.25, 0.3) is 5.91 Å². The third-order valence-corrected chi connectivity index (χ3v) is 2.76. The molecular weight excluding hydrogens is 258 g/mol. The molecule has 0 aliphatic heterocycles. The normalized spacial score (nSPS) is 12.0. The molecule has 0 saturated carbocycles. The van der Waals surface area contributed by atoms with Crippen LogP contribution in [0.15, 0.2) is 18.2 Å². The molecular formula is C14H21N3O3. The van der Waals surface area contributed by atoms with E-state index in [1.807, 2.05) is 6.92 Å². The lowest BCUT2D eigenvalue weighted by Crippen LogP contribution is -2.47. The number of hydrogen-bond donors (Lipinski definition) is 3. The molecule has 6 heteroatoms. The van der Waals surface area contributed by atoms with Gasteiger partial charge >= 0.3 is 0 Å². The highest BCUT2D eigenvalue weighted by Crippen LogP contribution is 2.19. The SMILES string of the molecule is CCOc1cc(N)cc(C(=O)NC(C(N)=O)C(C)C)c1. The van der Waals surface area contributed by atoms with Crippen LogP contribution in [0.2, 0.25) is 0 Å². The zero-order valence-corrected chi connectivity index (χ0v) is 12.0. The summed E-state index contributed by atoms with van der Waals surface area (Å²) in [6, 6.07) is 4.01. The molecule has 2 amide bonds. The molecule has 0 radical (unpaired) electrons. The zero-order chi connectivity index (χ0) is 15.3. The fourth-order valence-corrected chi connectivity index (χ4v) is 1.79. The number of carbonyl (C=O) groups is 2. The topological polar surface area (TPSA) is 107 Å². The number of rotatable bonds is 6. The van der Waals surface area contributed by atoms with E-state index in [1.54, 1.807) is 26.0 Å². The Hall–Kier alpha value is -2.24. The monoisotopic (exact) mass is 279 g/mol. The lowest BCUT2D eigenvalue weighted by molar-refractivity contribution is -0.120. The predicted molar refractivity (Wildman–Crippen MR) is 77.3 cm³/mol. The van der Waals surface area contributed by atoms with E-state index in [2.05, 4.69) is 5.32 Å². The van der Waals surface area contributed by atoms with Crippen LogP contribution in [-0.4, -0.2) is 24.5 Å². The van der Waals surface area contributed by atoms with Gasteiger partial charge in [0.1, 0.15) is 11.8 Å². The molecule has 1 rings (SSSR count). The van der Waals surface area contributed by atoms with E-state index < -0.39 is 17.9 Å². The van der Waals surface area contributed by atoms with Crippen LogP contribution in [0.1, 0.15) is 31.1 Å². The fraction of sp³-hybridized carbons (Fsp3) is 0.429. The molecule has 0 saturated heterocycles. The summed E-state index contributed by atoms with van der Waals surface area (Å²) < 4.78 is 5.33. The molecule has 5 N–H and O–H groups in total. The minimum absolute atomic E-state index is 0.0936. The summed E-state index contributed by atoms with van der Waals surface area (Å²) in [6.07, 6.45) is 0. The third-order valence-electron chi connectivity index (χ3n) is 2.76. The first-order valence-electron chi connectivity index (χ1n) is 6.48. The van der Waals surface area contributed by atoms with Gasteiger partial charge in [0.2, 0.25) is 5.91 Å². The van der Waals surface area contributed by atoms with Gasteiger partial charge in [-0.1, -0.05) is 13.8 Å². The van der Waals surface area contributed by atoms with Crippen LogP contribution in [0.4, 0.5) is 5.69 Å². The van der Waals surface area contributed by atoms with E-state index in [1.165, 1.54) is 6.07 Å². The van der Waals surface area contributed by atoms with Crippen LogP contribution in [0.3, 0.4) is 0 Å². The Balaban J connectivity index is 2.94. The summed E-state index contributed by atoms with van der Waals surface area (Å²) in [5, 5.41) is 2.60. The maximum Gasteiger partial charge on any atom is 0.252 e. The molecule has 0 spiro atoms. The molecule has 0 aliphatic carbocycles. The molecule has 0 aromatic heterocycles. The number of nitrogens with one attached hydrogen (secondary N) is 1. The van der Waals surface area contributed by atoms with Crippen molar-refractivity contribution in [1.82, 2.24) is 5.32 Å². The van der Waals surface area contributed by atoms with Crippen LogP contribution < -0.4 is 21.5 Å². The smallest absolute Gasteiger partial charge is 0.252 e. The summed E-state index contributed by atoms with van der Waals surface area (Å²) in [7, 11) is 0. The fourth-order valence-electron chi connectivity index (χ4n) is 1.79. The van der Waals surface area contributed by atoms with Crippen LogP contribution in [0.25, 0.3) is 0 Å². The molecule has 0 aliphatic rings. The molecule has 1 aromatic carbocycles. The Morgan fingerprint density at radius 2 is 1.95 bits per heavy atom. The largest absolute Gasteiger partial charge is 0.494 e. The van der Waals surface area contributed by atoms with E-state index in [0.717, 1.165) is 0 Å². The number of ether oxygens (including phenoxy) is 1. The summed E-state index contributed by atoms with van der Waals surface area (Å²) >= 11 is 0. The van der Waals surface area contributed by atoms with E-state index in [0.29, 0.717) is 23.6 Å². The van der Waals surface area contributed by atoms with Gasteiger partial charge in [-0.3, -0.25) is 9.59 Å². The Kier molecular flexibility index (Phi) is 5.37. The van der Waals surface area contributed by atoms with Gasteiger partial charge in [0.05, 0.1) is 6.61 Å². The van der Waals surface area contributed by atoms with Gasteiger partial charge in [-0.15, -0.1) is 0 Å². The number of hydrogen-bond acceptors (Lipinski definition) is 4. The Morgan fingerprint density at radius 1 is 1.30 bits per heavy atom. The molecule has 0 fully saturated rings. The number of benzene rings is 1. The van der Waals surface area contributed by atoms with Crippen molar-refractivity contribution >= 4 is 17.5 Å². The van der Waals surface area contributed by atoms with E-state index in [9.17, 15) is 9.59 Å². The van der Waals surface area contributed by atoms with Gasteiger partial charge in [0.15, 0.2) is 0 Å². The van der Waals surface area contributed by atoms with Crippen molar-refractivity contribution in [3.63, 3.8) is 0 Å². The number of nitrogens with two attached hydrogens (primary N) is 2. The van der Waals surface area contributed by atoms with Gasteiger partial charge in [0, 0.05) is 17.3 Å². The zero-order valence-electron chi connectivity index (χ0n) is 12.0. The van der Waals surface area contributed by atoms with Crippen LogP contribution >= 0.6 is 0 Å². The number of amides is 2. The number of nitrogen functional groups attached to an aromatic ring is 1. The van der Waals surface area contributed by atoms with Crippen molar-refractivity contribution in [2.24, 2.45) is 11.7 Å². The first-order valence-corrected chi connectivity index (χ1v) is 6.48. The highest BCUT2D eigenvalue weighted by atomic mass is 16.5. The van der Waals surface area contributed by atoms with Crippen molar-refractivity contribution in [3.05, 3.63) is 23.8 Å². The molecule has 110 valence electrons. The summed E-state index contributed by atoms with van der Waals surface area (Å²) in [4.78, 5) is 23.4. The van der Waals surface area contributed by atoms with Crippen molar-refractivity contribution < 1.29 is 14.3 Å². The van der Waals surface area contributed by atoms with E-state index in [-0.39, 0.29) is 5.92 Å². The van der Waals surface area contributed by atoms with Crippen molar-refractivity contribution in [2.45, 2.75) is 26.8 Å². The average Bonchev–Trinajstić information content (AvgIpc) is 2.34. The second kappa shape index (κ2) is 6.79. The van der Waals surface area contributed by atoms with Crippen LogP contribution in [0.5, 0.6) is 5.75 Å². The molecule has 1 unspecified atom stereocenters. The molecule has 1 atom stereocenters. The number of carbonyl (C=O) groups excluding carboxylic acids is 2. The number of primary amides is 1. The van der Waals surface area contributed by atoms with E-state index in [4.69, 9.17) is 16.2 Å². The summed E-state index contributed by atoms with van der Waals surface area (Å²) in [6.45, 7) is 5.92. The predicted octanol–water partition coefficient (Wildman–Crippen LogP) is 0.907. The van der Waals surface area contributed by atoms with Gasteiger partial charge in [-0.25, -0.2) is 0 Å². The Bertz CT molecular complexity index is 500. The van der Waals surface area contributed by atoms with Crippen LogP contribution in [-0.2, 0) is 4.79 Å². The van der Waals surface area contributed by atoms with Crippen molar-refractivity contribution in [3.8, 4) is 5.75 Å². The molecule has 1 aromatic rings. The summed E-state index contributed by atoms with van der Waals surface area (Å²) in [5.41, 5.74) is 11.7. The second-order valence-corrected chi connectivity index (χ2v) is 4.82. The Labute approximate surface area is 118 Å². The highest BCUT2D eigenvalue weighted by Gasteiger charge is 2.22. The van der Waals surface area contributed by atoms with Gasteiger partial charge < -0.3 is 21.5 Å². The lowest BCUT2D eigenvalue weighted by atomic mass is 10.0. The summed E-state index contributed by atoms with van der Waals surface area (Å²) in [5.74, 6) is -0.556. The maximum atomic E-state index is 12.1. The molecule has 6 nitrogen and oxygen atoms in total. The van der Waals surface area contributed by atoms with E-state index >= 15 is 0 Å². The molecule has 0 heterocycles. The van der Waals surface area contributed by atoms with Crippen molar-refractivity contribution in [2.75, 3.05) is 12.3 Å². The quantitative estimate of drug-likeness (QED) is 0.672.